The molecule has 1 aromatic rings. The lowest BCUT2D eigenvalue weighted by Crippen LogP contribution is -2.25. The minimum atomic E-state index is -0.952. The molecule has 2 N–H and O–H groups in total. The summed E-state index contributed by atoms with van der Waals surface area (Å²) in [6.45, 7) is 2.07. The average Bonchev–Trinajstić information content (AvgIpc) is 2.42. The van der Waals surface area contributed by atoms with Gasteiger partial charge < -0.3 is 15.2 Å². The third kappa shape index (κ3) is 6.26. The molecular formula is C14H17NO4. The summed E-state index contributed by atoms with van der Waals surface area (Å²) in [4.78, 5) is 21.8. The van der Waals surface area contributed by atoms with Crippen molar-refractivity contribution in [1.82, 2.24) is 5.32 Å². The number of carboxylic acid groups (broad SMARTS) is 1. The van der Waals surface area contributed by atoms with E-state index in [9.17, 15) is 9.59 Å². The Balaban J connectivity index is 2.19. The van der Waals surface area contributed by atoms with Crippen molar-refractivity contribution in [3.8, 4) is 0 Å². The zero-order valence-electron chi connectivity index (χ0n) is 10.8. The predicted molar refractivity (Wildman–Crippen MR) is 70.6 cm³/mol. The fourth-order valence-corrected chi connectivity index (χ4v) is 1.32. The van der Waals surface area contributed by atoms with E-state index >= 15 is 0 Å². The van der Waals surface area contributed by atoms with Gasteiger partial charge in [0.15, 0.2) is 0 Å². The lowest BCUT2D eigenvalue weighted by Gasteiger charge is -2.06. The van der Waals surface area contributed by atoms with Crippen LogP contribution in [-0.4, -0.2) is 23.7 Å². The van der Waals surface area contributed by atoms with Gasteiger partial charge >= 0.3 is 12.1 Å². The van der Waals surface area contributed by atoms with Crippen molar-refractivity contribution in [1.29, 1.82) is 0 Å². The number of hydrogen-bond donors (Lipinski definition) is 2. The van der Waals surface area contributed by atoms with Crippen LogP contribution >= 0.6 is 0 Å². The van der Waals surface area contributed by atoms with Crippen LogP contribution < -0.4 is 5.32 Å². The fourth-order valence-electron chi connectivity index (χ4n) is 1.32. The van der Waals surface area contributed by atoms with E-state index < -0.39 is 12.1 Å². The van der Waals surface area contributed by atoms with E-state index in [2.05, 4.69) is 5.32 Å². The predicted octanol–water partition coefficient (Wildman–Crippen LogP) is 2.33. The minimum absolute atomic E-state index is 0.219. The van der Waals surface area contributed by atoms with E-state index in [0.717, 1.165) is 5.56 Å². The second kappa shape index (κ2) is 7.92. The first-order chi connectivity index (χ1) is 9.09. The second-order valence-corrected chi connectivity index (χ2v) is 3.97. The highest BCUT2D eigenvalue weighted by atomic mass is 16.5. The molecule has 0 aromatic heterocycles. The van der Waals surface area contributed by atoms with Gasteiger partial charge in [0.05, 0.1) is 0 Å². The Kier molecular flexibility index (Phi) is 6.15. The van der Waals surface area contributed by atoms with Crippen molar-refractivity contribution in [2.45, 2.75) is 20.0 Å². The summed E-state index contributed by atoms with van der Waals surface area (Å²) < 4.78 is 5.00. The van der Waals surface area contributed by atoms with Crippen LogP contribution in [0.3, 0.4) is 0 Å². The van der Waals surface area contributed by atoms with Crippen LogP contribution in [0.2, 0.25) is 0 Å². The standard InChI is InChI=1S/C14H17NO4/c1-11(13(16)17)6-5-9-15-14(18)19-10-12-7-3-2-4-8-12/h2-4,6-8H,5,9-10H2,1H3,(H,15,18)(H,16,17). The van der Waals surface area contributed by atoms with Gasteiger partial charge in [0, 0.05) is 12.1 Å². The zero-order chi connectivity index (χ0) is 14.1. The summed E-state index contributed by atoms with van der Waals surface area (Å²) in [6, 6.07) is 9.37. The molecule has 0 aliphatic heterocycles. The molecule has 0 saturated heterocycles. The Morgan fingerprint density at radius 1 is 1.32 bits per heavy atom. The van der Waals surface area contributed by atoms with Crippen LogP contribution in [0.5, 0.6) is 0 Å². The van der Waals surface area contributed by atoms with E-state index in [1.165, 1.54) is 6.92 Å². The molecule has 0 bridgehead atoms. The van der Waals surface area contributed by atoms with Gasteiger partial charge in [0.25, 0.3) is 0 Å². The Morgan fingerprint density at radius 3 is 2.63 bits per heavy atom. The zero-order valence-corrected chi connectivity index (χ0v) is 10.8. The van der Waals surface area contributed by atoms with E-state index in [1.807, 2.05) is 30.3 Å². The summed E-state index contributed by atoms with van der Waals surface area (Å²) in [5.41, 5.74) is 1.18. The molecule has 0 atom stereocenters. The number of benzene rings is 1. The first-order valence-corrected chi connectivity index (χ1v) is 5.94. The molecule has 0 fully saturated rings. The molecule has 5 nitrogen and oxygen atoms in total. The lowest BCUT2D eigenvalue weighted by atomic mass is 10.2. The van der Waals surface area contributed by atoms with Gasteiger partial charge in [-0.2, -0.15) is 0 Å². The molecule has 1 amide bonds. The molecule has 0 radical (unpaired) electrons. The molecule has 5 heteroatoms. The maximum Gasteiger partial charge on any atom is 0.407 e. The van der Waals surface area contributed by atoms with E-state index in [0.29, 0.717) is 13.0 Å². The number of ether oxygens (including phenoxy) is 1. The largest absolute Gasteiger partial charge is 0.478 e. The lowest BCUT2D eigenvalue weighted by molar-refractivity contribution is -0.132. The number of carboxylic acids is 1. The number of rotatable bonds is 6. The highest BCUT2D eigenvalue weighted by molar-refractivity contribution is 5.85. The quantitative estimate of drug-likeness (QED) is 0.610. The summed E-state index contributed by atoms with van der Waals surface area (Å²) >= 11 is 0. The van der Waals surface area contributed by atoms with Crippen LogP contribution in [0, 0.1) is 0 Å². The number of carbonyl (C=O) groups is 2. The van der Waals surface area contributed by atoms with Gasteiger partial charge in [-0.05, 0) is 18.9 Å². The van der Waals surface area contributed by atoms with Gasteiger partial charge in [-0.25, -0.2) is 9.59 Å². The number of amides is 1. The summed E-state index contributed by atoms with van der Waals surface area (Å²) in [7, 11) is 0. The number of hydrogen-bond acceptors (Lipinski definition) is 3. The molecule has 1 aromatic carbocycles. The van der Waals surface area contributed by atoms with E-state index in [4.69, 9.17) is 9.84 Å². The van der Waals surface area contributed by atoms with Crippen molar-refractivity contribution in [3.05, 3.63) is 47.5 Å². The highest BCUT2D eigenvalue weighted by Crippen LogP contribution is 2.00. The Hall–Kier alpha value is -2.30. The third-order valence-electron chi connectivity index (χ3n) is 2.41. The van der Waals surface area contributed by atoms with Crippen molar-refractivity contribution in [2.24, 2.45) is 0 Å². The molecule has 1 rings (SSSR count). The number of aliphatic carboxylic acids is 1. The maximum absolute atomic E-state index is 11.3. The van der Waals surface area contributed by atoms with Crippen LogP contribution in [0.1, 0.15) is 18.9 Å². The van der Waals surface area contributed by atoms with E-state index in [-0.39, 0.29) is 12.2 Å². The minimum Gasteiger partial charge on any atom is -0.478 e. The van der Waals surface area contributed by atoms with Crippen molar-refractivity contribution < 1.29 is 19.4 Å². The molecule has 19 heavy (non-hydrogen) atoms. The van der Waals surface area contributed by atoms with Gasteiger partial charge in [-0.15, -0.1) is 0 Å². The van der Waals surface area contributed by atoms with Crippen LogP contribution in [0.4, 0.5) is 4.79 Å². The fraction of sp³-hybridized carbons (Fsp3) is 0.286. The number of nitrogens with one attached hydrogen (secondary N) is 1. The van der Waals surface area contributed by atoms with Gasteiger partial charge in [0.1, 0.15) is 6.61 Å². The monoisotopic (exact) mass is 263 g/mol. The first-order valence-electron chi connectivity index (χ1n) is 5.94. The number of alkyl carbamates (subject to hydrolysis) is 1. The normalized spacial score (nSPS) is 10.9. The Bertz CT molecular complexity index is 454. The molecular weight excluding hydrogens is 246 g/mol. The topological polar surface area (TPSA) is 75.6 Å². The first kappa shape index (κ1) is 14.8. The number of carbonyl (C=O) groups excluding carboxylic acids is 1. The maximum atomic E-state index is 11.3. The smallest absolute Gasteiger partial charge is 0.407 e. The Morgan fingerprint density at radius 2 is 2.00 bits per heavy atom. The average molecular weight is 263 g/mol. The molecule has 0 aliphatic rings. The highest BCUT2D eigenvalue weighted by Gasteiger charge is 2.02. The van der Waals surface area contributed by atoms with Gasteiger partial charge in [-0.3, -0.25) is 0 Å². The Labute approximate surface area is 111 Å². The molecule has 0 heterocycles. The van der Waals surface area contributed by atoms with Crippen LogP contribution in [0.25, 0.3) is 0 Å². The van der Waals surface area contributed by atoms with Gasteiger partial charge in [0.2, 0.25) is 0 Å². The molecule has 102 valence electrons. The van der Waals surface area contributed by atoms with Crippen LogP contribution in [0.15, 0.2) is 42.0 Å². The molecule has 0 unspecified atom stereocenters. The van der Waals surface area contributed by atoms with Gasteiger partial charge in [-0.1, -0.05) is 36.4 Å². The molecule has 0 spiro atoms. The van der Waals surface area contributed by atoms with Crippen LogP contribution in [-0.2, 0) is 16.1 Å². The summed E-state index contributed by atoms with van der Waals surface area (Å²) in [6.07, 6.45) is 1.50. The second-order valence-electron chi connectivity index (χ2n) is 3.97. The third-order valence-corrected chi connectivity index (χ3v) is 2.41. The van der Waals surface area contributed by atoms with Crippen molar-refractivity contribution in [2.75, 3.05) is 6.54 Å². The summed E-state index contributed by atoms with van der Waals surface area (Å²) in [5, 5.41) is 11.2. The van der Waals surface area contributed by atoms with Crippen molar-refractivity contribution in [3.63, 3.8) is 0 Å². The van der Waals surface area contributed by atoms with E-state index in [1.54, 1.807) is 6.08 Å². The van der Waals surface area contributed by atoms with Crippen molar-refractivity contribution >= 4 is 12.1 Å². The summed E-state index contributed by atoms with van der Waals surface area (Å²) in [5.74, 6) is -0.952. The molecule has 0 aliphatic carbocycles. The SMILES string of the molecule is CC(=CCCNC(=O)OCc1ccccc1)C(=O)O. The molecule has 0 saturated carbocycles.